The average Bonchev–Trinajstić information content (AvgIpc) is 3.23. The summed E-state index contributed by atoms with van der Waals surface area (Å²) in [5.74, 6) is -0.134. The van der Waals surface area contributed by atoms with Crippen LogP contribution in [-0.2, 0) is 16.4 Å². The third kappa shape index (κ3) is 4.88. The van der Waals surface area contributed by atoms with Crippen LogP contribution in [0.4, 0.5) is 0 Å². The maximum atomic E-state index is 12.3. The van der Waals surface area contributed by atoms with Gasteiger partial charge in [0.2, 0.25) is 10.0 Å². The Balaban J connectivity index is 1.52. The highest BCUT2D eigenvalue weighted by molar-refractivity contribution is 7.89. The Kier molecular flexibility index (Phi) is 6.28. The molecule has 1 aromatic heterocycles. The zero-order valence-corrected chi connectivity index (χ0v) is 16.4. The molecule has 3 aromatic rings. The van der Waals surface area contributed by atoms with E-state index in [0.29, 0.717) is 25.1 Å². The third-order valence-electron chi connectivity index (χ3n) is 4.30. The summed E-state index contributed by atoms with van der Waals surface area (Å²) in [5, 5.41) is 2.89. The van der Waals surface area contributed by atoms with E-state index in [1.54, 1.807) is 43.3 Å². The van der Waals surface area contributed by atoms with Gasteiger partial charge in [-0.05, 0) is 60.5 Å². The van der Waals surface area contributed by atoms with E-state index in [1.165, 1.54) is 0 Å². The fourth-order valence-corrected chi connectivity index (χ4v) is 3.86. The van der Waals surface area contributed by atoms with Crippen LogP contribution in [0.25, 0.3) is 5.69 Å². The van der Waals surface area contributed by atoms with E-state index in [9.17, 15) is 13.2 Å². The van der Waals surface area contributed by atoms with Crippen molar-refractivity contribution >= 4 is 15.9 Å². The van der Waals surface area contributed by atoms with Gasteiger partial charge in [-0.3, -0.25) is 4.79 Å². The molecule has 2 aromatic carbocycles. The Morgan fingerprint density at radius 3 is 2.21 bits per heavy atom. The lowest BCUT2D eigenvalue weighted by Gasteiger charge is -2.08. The summed E-state index contributed by atoms with van der Waals surface area (Å²) in [4.78, 5) is 12.5. The number of benzene rings is 2. The summed E-state index contributed by atoms with van der Waals surface area (Å²) in [6.45, 7) is 2.56. The van der Waals surface area contributed by atoms with Gasteiger partial charge in [0, 0.05) is 36.7 Å². The van der Waals surface area contributed by atoms with E-state index in [1.807, 2.05) is 41.2 Å². The summed E-state index contributed by atoms with van der Waals surface area (Å²) in [6, 6.07) is 18.0. The SMILES string of the molecule is CCNS(=O)(=O)c1ccc(CCNC(=O)c2ccc(-n3cccc3)cc2)cc1. The highest BCUT2D eigenvalue weighted by atomic mass is 32.2. The van der Waals surface area contributed by atoms with Crippen molar-refractivity contribution in [2.45, 2.75) is 18.2 Å². The summed E-state index contributed by atoms with van der Waals surface area (Å²) in [5.41, 5.74) is 2.55. The first-order chi connectivity index (χ1) is 13.5. The van der Waals surface area contributed by atoms with E-state index >= 15 is 0 Å². The van der Waals surface area contributed by atoms with Gasteiger partial charge in [0.05, 0.1) is 4.90 Å². The number of amides is 1. The molecular formula is C21H23N3O3S. The summed E-state index contributed by atoms with van der Waals surface area (Å²) < 4.78 is 28.3. The summed E-state index contributed by atoms with van der Waals surface area (Å²) in [7, 11) is -3.44. The number of rotatable bonds is 8. The minimum atomic E-state index is -3.44. The lowest BCUT2D eigenvalue weighted by molar-refractivity contribution is 0.0954. The number of carbonyl (C=O) groups is 1. The van der Waals surface area contributed by atoms with Crippen molar-refractivity contribution in [3.8, 4) is 5.69 Å². The molecule has 28 heavy (non-hydrogen) atoms. The second kappa shape index (κ2) is 8.86. The van der Waals surface area contributed by atoms with Crippen molar-refractivity contribution in [1.82, 2.24) is 14.6 Å². The molecule has 0 bridgehead atoms. The first-order valence-corrected chi connectivity index (χ1v) is 10.6. The van der Waals surface area contributed by atoms with Gasteiger partial charge < -0.3 is 9.88 Å². The first-order valence-electron chi connectivity index (χ1n) is 9.10. The Morgan fingerprint density at radius 1 is 0.964 bits per heavy atom. The van der Waals surface area contributed by atoms with E-state index in [2.05, 4.69) is 10.0 Å². The smallest absolute Gasteiger partial charge is 0.251 e. The molecule has 7 heteroatoms. The number of carbonyl (C=O) groups excluding carboxylic acids is 1. The summed E-state index contributed by atoms with van der Waals surface area (Å²) in [6.07, 6.45) is 4.52. The predicted octanol–water partition coefficient (Wildman–Crippen LogP) is 2.75. The van der Waals surface area contributed by atoms with E-state index in [-0.39, 0.29) is 10.8 Å². The lowest BCUT2D eigenvalue weighted by Crippen LogP contribution is -2.25. The topological polar surface area (TPSA) is 80.2 Å². The minimum absolute atomic E-state index is 0.134. The molecule has 0 aliphatic heterocycles. The fraction of sp³-hybridized carbons (Fsp3) is 0.190. The third-order valence-corrected chi connectivity index (χ3v) is 5.86. The van der Waals surface area contributed by atoms with Gasteiger partial charge in [-0.25, -0.2) is 13.1 Å². The van der Waals surface area contributed by atoms with Gasteiger partial charge in [0.1, 0.15) is 0 Å². The molecule has 6 nitrogen and oxygen atoms in total. The lowest BCUT2D eigenvalue weighted by atomic mass is 10.1. The largest absolute Gasteiger partial charge is 0.352 e. The number of aromatic nitrogens is 1. The Labute approximate surface area is 165 Å². The molecule has 0 spiro atoms. The molecule has 0 atom stereocenters. The fourth-order valence-electron chi connectivity index (χ4n) is 2.82. The monoisotopic (exact) mass is 397 g/mol. The molecule has 0 radical (unpaired) electrons. The normalized spacial score (nSPS) is 11.3. The Morgan fingerprint density at radius 2 is 1.61 bits per heavy atom. The maximum Gasteiger partial charge on any atom is 0.251 e. The molecule has 1 amide bonds. The van der Waals surface area contributed by atoms with Crippen LogP contribution in [0, 0.1) is 0 Å². The predicted molar refractivity (Wildman–Crippen MR) is 109 cm³/mol. The Bertz CT molecular complexity index is 1010. The van der Waals surface area contributed by atoms with Crippen LogP contribution in [0.2, 0.25) is 0 Å². The van der Waals surface area contributed by atoms with Gasteiger partial charge >= 0.3 is 0 Å². The minimum Gasteiger partial charge on any atom is -0.352 e. The molecule has 2 N–H and O–H groups in total. The molecule has 146 valence electrons. The van der Waals surface area contributed by atoms with Crippen molar-refractivity contribution in [2.24, 2.45) is 0 Å². The van der Waals surface area contributed by atoms with Gasteiger partial charge in [-0.15, -0.1) is 0 Å². The van der Waals surface area contributed by atoms with Crippen molar-refractivity contribution in [3.63, 3.8) is 0 Å². The van der Waals surface area contributed by atoms with Gasteiger partial charge in [0.25, 0.3) is 5.91 Å². The van der Waals surface area contributed by atoms with Gasteiger partial charge in [-0.1, -0.05) is 19.1 Å². The molecule has 0 saturated heterocycles. The molecule has 0 saturated carbocycles. The van der Waals surface area contributed by atoms with Gasteiger partial charge in [0.15, 0.2) is 0 Å². The second-order valence-electron chi connectivity index (χ2n) is 6.29. The number of hydrogen-bond acceptors (Lipinski definition) is 3. The van der Waals surface area contributed by atoms with E-state index in [4.69, 9.17) is 0 Å². The number of nitrogens with zero attached hydrogens (tertiary/aromatic N) is 1. The molecule has 1 heterocycles. The number of hydrogen-bond donors (Lipinski definition) is 2. The first kappa shape index (κ1) is 19.9. The van der Waals surface area contributed by atoms with Crippen molar-refractivity contribution < 1.29 is 13.2 Å². The van der Waals surface area contributed by atoms with Crippen LogP contribution in [0.15, 0.2) is 78.0 Å². The zero-order chi connectivity index (χ0) is 20.0. The van der Waals surface area contributed by atoms with E-state index in [0.717, 1.165) is 11.3 Å². The van der Waals surface area contributed by atoms with Crippen LogP contribution in [0.1, 0.15) is 22.8 Å². The van der Waals surface area contributed by atoms with Crippen LogP contribution < -0.4 is 10.0 Å². The molecule has 3 rings (SSSR count). The quantitative estimate of drug-likeness (QED) is 0.613. The second-order valence-corrected chi connectivity index (χ2v) is 8.06. The van der Waals surface area contributed by atoms with Crippen molar-refractivity contribution in [3.05, 3.63) is 84.2 Å². The van der Waals surface area contributed by atoms with Crippen molar-refractivity contribution in [2.75, 3.05) is 13.1 Å². The highest BCUT2D eigenvalue weighted by Crippen LogP contribution is 2.12. The van der Waals surface area contributed by atoms with E-state index < -0.39 is 10.0 Å². The molecule has 0 unspecified atom stereocenters. The average molecular weight is 398 g/mol. The Hall–Kier alpha value is -2.90. The number of nitrogens with one attached hydrogen (secondary N) is 2. The number of sulfonamides is 1. The molecule has 0 fully saturated rings. The highest BCUT2D eigenvalue weighted by Gasteiger charge is 2.12. The summed E-state index contributed by atoms with van der Waals surface area (Å²) >= 11 is 0. The van der Waals surface area contributed by atoms with Crippen LogP contribution >= 0.6 is 0 Å². The van der Waals surface area contributed by atoms with Crippen molar-refractivity contribution in [1.29, 1.82) is 0 Å². The molecular weight excluding hydrogens is 374 g/mol. The van der Waals surface area contributed by atoms with Crippen LogP contribution in [0.3, 0.4) is 0 Å². The molecule has 0 aliphatic carbocycles. The molecule has 0 aliphatic rings. The standard InChI is InChI=1S/C21H23N3O3S/c1-2-23-28(26,27)20-11-5-17(6-12-20)13-14-22-21(25)18-7-9-19(10-8-18)24-15-3-4-16-24/h3-12,15-16,23H,2,13-14H2,1H3,(H,22,25). The van der Waals surface area contributed by atoms with Crippen LogP contribution in [0.5, 0.6) is 0 Å². The maximum absolute atomic E-state index is 12.3. The van der Waals surface area contributed by atoms with Crippen LogP contribution in [-0.4, -0.2) is 32.0 Å². The van der Waals surface area contributed by atoms with Gasteiger partial charge in [-0.2, -0.15) is 0 Å². The zero-order valence-electron chi connectivity index (χ0n) is 15.6.